The van der Waals surface area contributed by atoms with Gasteiger partial charge < -0.3 is 19.1 Å². The van der Waals surface area contributed by atoms with Crippen LogP contribution in [-0.4, -0.2) is 74.9 Å². The van der Waals surface area contributed by atoms with E-state index in [1.165, 1.54) is 5.56 Å². The van der Waals surface area contributed by atoms with Crippen molar-refractivity contribution in [2.75, 3.05) is 63.9 Å². The maximum absolute atomic E-state index is 6.24. The van der Waals surface area contributed by atoms with Crippen LogP contribution in [0.4, 0.5) is 5.69 Å². The minimum Gasteiger partial charge on any atom is -0.490 e. The van der Waals surface area contributed by atoms with Crippen molar-refractivity contribution in [3.8, 4) is 17.2 Å². The number of hydrogen-bond donors (Lipinski definition) is 0. The Balaban J connectivity index is 1.10. The number of benzene rings is 2. The van der Waals surface area contributed by atoms with E-state index in [1.807, 2.05) is 12.1 Å². The van der Waals surface area contributed by atoms with Crippen LogP contribution in [0.2, 0.25) is 0 Å². The van der Waals surface area contributed by atoms with Gasteiger partial charge in [-0.2, -0.15) is 0 Å². The van der Waals surface area contributed by atoms with E-state index < -0.39 is 0 Å². The van der Waals surface area contributed by atoms with Gasteiger partial charge in [0, 0.05) is 52.4 Å². The SMILES string of the molecule is C=CCN1CCC(Oc2ccc(CN3CCN(c4cccc5c4OCCO5)CC3)cc2)CC1. The first-order chi connectivity index (χ1) is 16.3. The van der Waals surface area contributed by atoms with Crippen molar-refractivity contribution in [1.29, 1.82) is 0 Å². The highest BCUT2D eigenvalue weighted by Crippen LogP contribution is 2.39. The van der Waals surface area contributed by atoms with Gasteiger partial charge in [-0.15, -0.1) is 6.58 Å². The Morgan fingerprint density at radius 3 is 2.39 bits per heavy atom. The number of piperazine rings is 1. The van der Waals surface area contributed by atoms with E-state index >= 15 is 0 Å². The lowest BCUT2D eigenvalue weighted by Crippen LogP contribution is -2.46. The summed E-state index contributed by atoms with van der Waals surface area (Å²) in [5.74, 6) is 2.76. The fourth-order valence-electron chi connectivity index (χ4n) is 4.97. The zero-order valence-electron chi connectivity index (χ0n) is 19.5. The molecule has 0 bridgehead atoms. The molecular formula is C27H35N3O3. The molecule has 0 spiro atoms. The molecule has 0 aromatic heterocycles. The van der Waals surface area contributed by atoms with Crippen molar-refractivity contribution < 1.29 is 14.2 Å². The lowest BCUT2D eigenvalue weighted by molar-refractivity contribution is 0.107. The second-order valence-corrected chi connectivity index (χ2v) is 9.11. The van der Waals surface area contributed by atoms with E-state index in [-0.39, 0.29) is 0 Å². The molecule has 0 amide bonds. The van der Waals surface area contributed by atoms with Crippen LogP contribution in [0.5, 0.6) is 17.2 Å². The molecule has 2 aromatic carbocycles. The molecule has 6 heteroatoms. The molecule has 0 atom stereocenters. The molecule has 6 nitrogen and oxygen atoms in total. The lowest BCUT2D eigenvalue weighted by Gasteiger charge is -2.37. The van der Waals surface area contributed by atoms with Gasteiger partial charge in [-0.05, 0) is 42.7 Å². The fraction of sp³-hybridized carbons (Fsp3) is 0.481. The number of ether oxygens (including phenoxy) is 3. The summed E-state index contributed by atoms with van der Waals surface area (Å²) in [6.07, 6.45) is 4.48. The van der Waals surface area contributed by atoms with Gasteiger partial charge in [0.25, 0.3) is 0 Å². The van der Waals surface area contributed by atoms with Gasteiger partial charge in [0.05, 0.1) is 5.69 Å². The number of nitrogens with zero attached hydrogens (tertiary/aromatic N) is 3. The largest absolute Gasteiger partial charge is 0.490 e. The van der Waals surface area contributed by atoms with E-state index in [2.05, 4.69) is 57.7 Å². The summed E-state index contributed by atoms with van der Waals surface area (Å²) in [7, 11) is 0. The van der Waals surface area contributed by atoms with Gasteiger partial charge in [0.15, 0.2) is 11.5 Å². The highest BCUT2D eigenvalue weighted by atomic mass is 16.6. The number of likely N-dealkylation sites (tertiary alicyclic amines) is 1. The molecule has 0 aliphatic carbocycles. The van der Waals surface area contributed by atoms with Gasteiger partial charge in [-0.3, -0.25) is 9.80 Å². The predicted molar refractivity (Wildman–Crippen MR) is 132 cm³/mol. The second kappa shape index (κ2) is 10.5. The molecular weight excluding hydrogens is 414 g/mol. The van der Waals surface area contributed by atoms with Crippen LogP contribution in [-0.2, 0) is 6.54 Å². The molecule has 0 unspecified atom stereocenters. The monoisotopic (exact) mass is 449 g/mol. The molecule has 176 valence electrons. The van der Waals surface area contributed by atoms with Crippen LogP contribution in [0.25, 0.3) is 0 Å². The summed E-state index contributed by atoms with van der Waals surface area (Å²) >= 11 is 0. The van der Waals surface area contributed by atoms with Gasteiger partial charge in [-0.1, -0.05) is 24.3 Å². The number of anilines is 1. The zero-order chi connectivity index (χ0) is 22.5. The summed E-state index contributed by atoms with van der Waals surface area (Å²) in [5, 5.41) is 0. The van der Waals surface area contributed by atoms with Gasteiger partial charge >= 0.3 is 0 Å². The molecule has 0 N–H and O–H groups in total. The maximum Gasteiger partial charge on any atom is 0.184 e. The Morgan fingerprint density at radius 2 is 1.64 bits per heavy atom. The van der Waals surface area contributed by atoms with E-state index in [0.29, 0.717) is 19.3 Å². The van der Waals surface area contributed by atoms with Crippen molar-refractivity contribution in [2.24, 2.45) is 0 Å². The van der Waals surface area contributed by atoms with Crippen molar-refractivity contribution in [2.45, 2.75) is 25.5 Å². The molecule has 33 heavy (non-hydrogen) atoms. The Bertz CT molecular complexity index is 917. The van der Waals surface area contributed by atoms with Crippen LogP contribution < -0.4 is 19.1 Å². The van der Waals surface area contributed by atoms with Crippen molar-refractivity contribution in [1.82, 2.24) is 9.80 Å². The van der Waals surface area contributed by atoms with E-state index in [1.54, 1.807) is 0 Å². The Hall–Kier alpha value is -2.70. The molecule has 3 aliphatic rings. The van der Waals surface area contributed by atoms with Crippen LogP contribution in [0.15, 0.2) is 55.1 Å². The van der Waals surface area contributed by atoms with E-state index in [9.17, 15) is 0 Å². The van der Waals surface area contributed by atoms with E-state index in [4.69, 9.17) is 14.2 Å². The predicted octanol–water partition coefficient (Wildman–Crippen LogP) is 3.81. The van der Waals surface area contributed by atoms with Crippen LogP contribution in [0, 0.1) is 0 Å². The lowest BCUT2D eigenvalue weighted by atomic mass is 10.1. The van der Waals surface area contributed by atoms with Gasteiger partial charge in [-0.25, -0.2) is 0 Å². The van der Waals surface area contributed by atoms with Crippen molar-refractivity contribution in [3.05, 3.63) is 60.7 Å². The summed E-state index contributed by atoms with van der Waals surface area (Å²) in [6.45, 7) is 13.3. The number of piperidine rings is 1. The standard InChI is InChI=1S/C27H35N3O3/c1-2-12-28-13-10-24(11-14-28)33-23-8-6-22(7-9-23)21-29-15-17-30(18-16-29)25-4-3-5-26-27(25)32-20-19-31-26/h2-9,24H,1,10-21H2. The first-order valence-electron chi connectivity index (χ1n) is 12.2. The minimum absolute atomic E-state index is 0.322. The summed E-state index contributed by atoms with van der Waals surface area (Å²) in [5.41, 5.74) is 2.49. The number of fused-ring (bicyclic) bond motifs is 1. The first kappa shape index (κ1) is 22.1. The van der Waals surface area contributed by atoms with Gasteiger partial charge in [0.2, 0.25) is 0 Å². The Morgan fingerprint density at radius 1 is 0.879 bits per heavy atom. The third-order valence-corrected chi connectivity index (χ3v) is 6.81. The Kier molecular flexibility index (Phi) is 7.03. The average molecular weight is 450 g/mol. The fourth-order valence-corrected chi connectivity index (χ4v) is 4.97. The average Bonchev–Trinajstić information content (AvgIpc) is 2.87. The summed E-state index contributed by atoms with van der Waals surface area (Å²) < 4.78 is 17.9. The molecule has 2 saturated heterocycles. The normalized spacial score (nSPS) is 19.9. The topological polar surface area (TPSA) is 37.4 Å². The highest BCUT2D eigenvalue weighted by Gasteiger charge is 2.24. The van der Waals surface area contributed by atoms with Crippen LogP contribution in [0.3, 0.4) is 0 Å². The third kappa shape index (κ3) is 5.45. The third-order valence-electron chi connectivity index (χ3n) is 6.81. The molecule has 0 radical (unpaired) electrons. The van der Waals surface area contributed by atoms with Crippen molar-refractivity contribution >= 4 is 5.69 Å². The quantitative estimate of drug-likeness (QED) is 0.599. The van der Waals surface area contributed by atoms with Crippen LogP contribution in [0.1, 0.15) is 18.4 Å². The molecule has 2 fully saturated rings. The number of para-hydroxylation sites is 1. The number of rotatable bonds is 7. The second-order valence-electron chi connectivity index (χ2n) is 9.11. The minimum atomic E-state index is 0.322. The molecule has 3 aliphatic heterocycles. The molecule has 5 rings (SSSR count). The van der Waals surface area contributed by atoms with Crippen LogP contribution >= 0.6 is 0 Å². The molecule has 3 heterocycles. The summed E-state index contributed by atoms with van der Waals surface area (Å²) in [6, 6.07) is 14.9. The van der Waals surface area contributed by atoms with E-state index in [0.717, 1.165) is 88.1 Å². The Labute approximate surface area is 197 Å². The van der Waals surface area contributed by atoms with Crippen molar-refractivity contribution in [3.63, 3.8) is 0 Å². The maximum atomic E-state index is 6.24. The highest BCUT2D eigenvalue weighted by molar-refractivity contribution is 5.65. The van der Waals surface area contributed by atoms with Gasteiger partial charge in [0.1, 0.15) is 25.1 Å². The number of hydrogen-bond acceptors (Lipinski definition) is 6. The first-order valence-corrected chi connectivity index (χ1v) is 12.2. The molecule has 0 saturated carbocycles. The summed E-state index contributed by atoms with van der Waals surface area (Å²) in [4.78, 5) is 7.37. The molecule has 2 aromatic rings. The zero-order valence-corrected chi connectivity index (χ0v) is 19.5. The smallest absolute Gasteiger partial charge is 0.184 e.